The SMILES string of the molecule is CCCCCCCC/C=C\CCCCCCCC(=O)O/C(O)=C(\O)[C@H](O)[C@H](O)[C@@H](O)CO. The number of hydrogen-bond acceptors (Lipinski definition) is 8. The molecule has 0 aliphatic rings. The highest BCUT2D eigenvalue weighted by Gasteiger charge is 2.30. The van der Waals surface area contributed by atoms with Gasteiger partial charge in [0.05, 0.1) is 6.61 Å². The summed E-state index contributed by atoms with van der Waals surface area (Å²) in [4.78, 5) is 11.7. The van der Waals surface area contributed by atoms with E-state index in [0.29, 0.717) is 6.42 Å². The Morgan fingerprint density at radius 2 is 1.31 bits per heavy atom. The molecule has 0 saturated carbocycles. The Bertz CT molecular complexity index is 532. The average Bonchev–Trinajstić information content (AvgIpc) is 2.79. The molecule has 0 bridgehead atoms. The average molecular weight is 461 g/mol. The second kappa shape index (κ2) is 20.0. The summed E-state index contributed by atoms with van der Waals surface area (Å²) in [7, 11) is 0. The summed E-state index contributed by atoms with van der Waals surface area (Å²) in [5.41, 5.74) is 0. The van der Waals surface area contributed by atoms with Crippen LogP contribution in [0, 0.1) is 0 Å². The smallest absolute Gasteiger partial charge is 0.327 e. The predicted molar refractivity (Wildman–Crippen MR) is 123 cm³/mol. The van der Waals surface area contributed by atoms with E-state index in [9.17, 15) is 30.3 Å². The van der Waals surface area contributed by atoms with Crippen molar-refractivity contribution < 1.29 is 40.2 Å². The van der Waals surface area contributed by atoms with Gasteiger partial charge in [0, 0.05) is 6.42 Å². The maximum atomic E-state index is 11.7. The fraction of sp³-hybridized carbons (Fsp3) is 0.792. The van der Waals surface area contributed by atoms with Crippen LogP contribution in [0.3, 0.4) is 0 Å². The number of allylic oxidation sites excluding steroid dienone is 2. The minimum atomic E-state index is -2.11. The number of aliphatic hydroxyl groups excluding tert-OH is 6. The van der Waals surface area contributed by atoms with Crippen molar-refractivity contribution in [3.8, 4) is 0 Å². The summed E-state index contributed by atoms with van der Waals surface area (Å²) in [5, 5.41) is 56.2. The van der Waals surface area contributed by atoms with Crippen LogP contribution in [-0.2, 0) is 9.53 Å². The van der Waals surface area contributed by atoms with Crippen LogP contribution in [0.25, 0.3) is 0 Å². The Hall–Kier alpha value is -1.61. The number of carbonyl (C=O) groups excluding carboxylic acids is 1. The Labute approximate surface area is 192 Å². The van der Waals surface area contributed by atoms with Crippen molar-refractivity contribution in [3.63, 3.8) is 0 Å². The van der Waals surface area contributed by atoms with Crippen molar-refractivity contribution in [2.45, 2.75) is 115 Å². The quantitative estimate of drug-likeness (QED) is 0.0693. The van der Waals surface area contributed by atoms with Gasteiger partial charge in [0.1, 0.15) is 18.3 Å². The van der Waals surface area contributed by atoms with Crippen molar-refractivity contribution in [2.75, 3.05) is 6.61 Å². The minimum absolute atomic E-state index is 0.0351. The van der Waals surface area contributed by atoms with Crippen molar-refractivity contribution in [1.82, 2.24) is 0 Å². The normalized spacial score (nSPS) is 15.4. The molecule has 0 aromatic carbocycles. The third-order valence-corrected chi connectivity index (χ3v) is 5.26. The minimum Gasteiger partial charge on any atom is -0.504 e. The zero-order valence-electron chi connectivity index (χ0n) is 19.5. The highest BCUT2D eigenvalue weighted by molar-refractivity contribution is 5.70. The van der Waals surface area contributed by atoms with Crippen molar-refractivity contribution in [2.24, 2.45) is 0 Å². The number of unbranched alkanes of at least 4 members (excludes halogenated alkanes) is 11. The van der Waals surface area contributed by atoms with Gasteiger partial charge < -0.3 is 35.4 Å². The van der Waals surface area contributed by atoms with E-state index >= 15 is 0 Å². The standard InChI is InChI=1S/C24H44O8/c1-2-3-4-5-6-7-8-9-10-11-12-13-14-15-16-17-20(27)32-24(31)23(30)22(29)21(28)19(26)18-25/h9-10,19,21-22,25-26,28-31H,2-8,11-18H2,1H3/b10-9-,24-23-/t19-,21+,22+/m0/s1. The molecule has 0 rings (SSSR count). The van der Waals surface area contributed by atoms with Gasteiger partial charge in [-0.05, 0) is 32.1 Å². The third kappa shape index (κ3) is 15.2. The van der Waals surface area contributed by atoms with Crippen LogP contribution in [0.1, 0.15) is 96.8 Å². The van der Waals surface area contributed by atoms with Crippen LogP contribution in [0.15, 0.2) is 23.9 Å². The lowest BCUT2D eigenvalue weighted by Gasteiger charge is -2.20. The molecule has 188 valence electrons. The molecule has 8 heteroatoms. The highest BCUT2D eigenvalue weighted by atomic mass is 16.6. The van der Waals surface area contributed by atoms with Gasteiger partial charge in [-0.3, -0.25) is 4.79 Å². The molecular formula is C24H44O8. The maximum absolute atomic E-state index is 11.7. The molecule has 8 nitrogen and oxygen atoms in total. The van der Waals surface area contributed by atoms with E-state index in [-0.39, 0.29) is 6.42 Å². The molecule has 0 saturated heterocycles. The molecule has 0 aromatic rings. The van der Waals surface area contributed by atoms with Crippen LogP contribution in [-0.4, -0.2) is 61.5 Å². The van der Waals surface area contributed by atoms with E-state index in [1.165, 1.54) is 38.5 Å². The summed E-state index contributed by atoms with van der Waals surface area (Å²) >= 11 is 0. The van der Waals surface area contributed by atoms with Crippen LogP contribution >= 0.6 is 0 Å². The van der Waals surface area contributed by atoms with Gasteiger partial charge >= 0.3 is 11.9 Å². The summed E-state index contributed by atoms with van der Waals surface area (Å²) in [6.07, 6.45) is 13.4. The maximum Gasteiger partial charge on any atom is 0.327 e. The fourth-order valence-corrected chi connectivity index (χ4v) is 3.16. The summed E-state index contributed by atoms with van der Waals surface area (Å²) < 4.78 is 4.54. The van der Waals surface area contributed by atoms with Crippen molar-refractivity contribution >= 4 is 5.97 Å². The molecular weight excluding hydrogens is 416 g/mol. The van der Waals surface area contributed by atoms with Gasteiger partial charge in [0.15, 0.2) is 0 Å². The van der Waals surface area contributed by atoms with E-state index in [0.717, 1.165) is 38.5 Å². The lowest BCUT2D eigenvalue weighted by atomic mass is 10.1. The Morgan fingerprint density at radius 1 is 0.812 bits per heavy atom. The lowest BCUT2D eigenvalue weighted by Crippen LogP contribution is -2.41. The topological polar surface area (TPSA) is 148 Å². The number of ether oxygens (including phenoxy) is 1. The second-order valence-electron chi connectivity index (χ2n) is 8.18. The van der Waals surface area contributed by atoms with Crippen LogP contribution in [0.2, 0.25) is 0 Å². The third-order valence-electron chi connectivity index (χ3n) is 5.26. The molecule has 3 atom stereocenters. The molecule has 32 heavy (non-hydrogen) atoms. The van der Waals surface area contributed by atoms with Gasteiger partial charge in [0.25, 0.3) is 0 Å². The monoisotopic (exact) mass is 460 g/mol. The van der Waals surface area contributed by atoms with Gasteiger partial charge in [0.2, 0.25) is 5.76 Å². The molecule has 0 radical (unpaired) electrons. The first-order valence-corrected chi connectivity index (χ1v) is 12.0. The first kappa shape index (κ1) is 30.4. The van der Waals surface area contributed by atoms with Crippen LogP contribution in [0.5, 0.6) is 0 Å². The zero-order valence-corrected chi connectivity index (χ0v) is 19.5. The van der Waals surface area contributed by atoms with Crippen LogP contribution in [0.4, 0.5) is 0 Å². The summed E-state index contributed by atoms with van der Waals surface area (Å²) in [6, 6.07) is 0. The lowest BCUT2D eigenvalue weighted by molar-refractivity contribution is -0.145. The predicted octanol–water partition coefficient (Wildman–Crippen LogP) is 3.93. The second-order valence-corrected chi connectivity index (χ2v) is 8.18. The van der Waals surface area contributed by atoms with E-state index < -0.39 is 42.6 Å². The molecule has 0 heterocycles. The van der Waals surface area contributed by atoms with Gasteiger partial charge in [-0.15, -0.1) is 0 Å². The van der Waals surface area contributed by atoms with E-state index in [1.54, 1.807) is 0 Å². The van der Waals surface area contributed by atoms with E-state index in [1.807, 2.05) is 0 Å². The number of esters is 1. The molecule has 0 spiro atoms. The number of rotatable bonds is 20. The van der Waals surface area contributed by atoms with Gasteiger partial charge in [-0.1, -0.05) is 70.4 Å². The molecule has 0 amide bonds. The first-order chi connectivity index (χ1) is 15.3. The number of aliphatic hydroxyl groups is 6. The van der Waals surface area contributed by atoms with Crippen LogP contribution < -0.4 is 0 Å². The molecule has 0 aliphatic heterocycles. The summed E-state index contributed by atoms with van der Waals surface area (Å²) in [6.45, 7) is 1.37. The number of hydrogen-bond donors (Lipinski definition) is 6. The Kier molecular flexibility index (Phi) is 19.0. The molecule has 0 aliphatic carbocycles. The van der Waals surface area contributed by atoms with Gasteiger partial charge in [-0.25, -0.2) is 0 Å². The number of carbonyl (C=O) groups is 1. The van der Waals surface area contributed by atoms with Crippen molar-refractivity contribution in [3.05, 3.63) is 23.9 Å². The largest absolute Gasteiger partial charge is 0.504 e. The molecule has 0 aromatic heterocycles. The first-order valence-electron chi connectivity index (χ1n) is 12.0. The van der Waals surface area contributed by atoms with E-state index in [4.69, 9.17) is 5.11 Å². The van der Waals surface area contributed by atoms with Crippen molar-refractivity contribution in [1.29, 1.82) is 0 Å². The Morgan fingerprint density at radius 3 is 1.84 bits per heavy atom. The highest BCUT2D eigenvalue weighted by Crippen LogP contribution is 2.14. The zero-order chi connectivity index (χ0) is 24.2. The molecule has 0 unspecified atom stereocenters. The summed E-state index contributed by atoms with van der Waals surface area (Å²) in [5.74, 6) is -3.21. The Balaban J connectivity index is 3.79. The molecule has 0 fully saturated rings. The fourth-order valence-electron chi connectivity index (χ4n) is 3.16. The molecule has 6 N–H and O–H groups in total. The van der Waals surface area contributed by atoms with E-state index in [2.05, 4.69) is 23.8 Å². The van der Waals surface area contributed by atoms with Gasteiger partial charge in [-0.2, -0.15) is 0 Å².